The average Bonchev–Trinajstić information content (AvgIpc) is 2.08. The highest BCUT2D eigenvalue weighted by Gasteiger charge is 2.40. The lowest BCUT2D eigenvalue weighted by Crippen LogP contribution is -2.60. The van der Waals surface area contributed by atoms with Crippen LogP contribution in [0.25, 0.3) is 0 Å². The van der Waals surface area contributed by atoms with Crippen LogP contribution in [0.2, 0.25) is 0 Å². The zero-order chi connectivity index (χ0) is 68.1. The number of aromatic nitrogens is 2. The number of primary amides is 2. The molecule has 1 saturated heterocycles. The fourth-order valence-electron chi connectivity index (χ4n) is 8.63. The number of rotatable bonds is 39. The summed E-state index contributed by atoms with van der Waals surface area (Å²) in [5.74, 6) is -15.0. The van der Waals surface area contributed by atoms with Crippen LogP contribution in [0.1, 0.15) is 63.1 Å². The van der Waals surface area contributed by atoms with Gasteiger partial charge in [-0.2, -0.15) is 37.9 Å². The molecule has 0 aliphatic carbocycles. The van der Waals surface area contributed by atoms with Crippen molar-refractivity contribution in [3.05, 3.63) is 48.0 Å². The number of nitrogens with two attached hydrogens (primary N) is 5. The van der Waals surface area contributed by atoms with E-state index in [1.807, 2.05) is 0 Å². The predicted molar refractivity (Wildman–Crippen MR) is 331 cm³/mol. The summed E-state index contributed by atoms with van der Waals surface area (Å²) in [5.41, 5.74) is 28.1. The van der Waals surface area contributed by atoms with Crippen LogP contribution in [0.4, 0.5) is 0 Å². The topological polar surface area (TPSA) is 594 Å². The number of nitrogens with one attached hydrogen (secondary N) is 11. The van der Waals surface area contributed by atoms with Gasteiger partial charge in [-0.25, -0.2) is 4.98 Å². The van der Waals surface area contributed by atoms with Crippen LogP contribution in [-0.4, -0.2) is 229 Å². The first kappa shape index (κ1) is 76.3. The van der Waals surface area contributed by atoms with Gasteiger partial charge in [0.05, 0.1) is 31.9 Å². The van der Waals surface area contributed by atoms with Gasteiger partial charge in [-0.15, -0.1) is 0 Å². The minimum atomic E-state index is -1.67. The van der Waals surface area contributed by atoms with Crippen molar-refractivity contribution in [3.63, 3.8) is 0 Å². The summed E-state index contributed by atoms with van der Waals surface area (Å²) < 4.78 is 0. The number of amides is 13. The maximum Gasteiger partial charge on any atom is 0.303 e. The number of likely N-dealkylation sites (tertiary alicyclic amines) is 1. The van der Waals surface area contributed by atoms with Crippen LogP contribution in [0, 0.1) is 0 Å². The van der Waals surface area contributed by atoms with Crippen molar-refractivity contribution in [3.8, 4) is 5.75 Å². The number of phenols is 1. The van der Waals surface area contributed by atoms with Crippen LogP contribution in [0.15, 0.2) is 41.8 Å². The molecule has 0 unspecified atom stereocenters. The van der Waals surface area contributed by atoms with Crippen molar-refractivity contribution in [2.45, 2.75) is 131 Å². The lowest BCUT2D eigenvalue weighted by molar-refractivity contribution is -0.143. The van der Waals surface area contributed by atoms with Crippen LogP contribution in [-0.2, 0) is 80.0 Å². The number of carboxylic acids is 1. The van der Waals surface area contributed by atoms with E-state index in [1.165, 1.54) is 43.7 Å². The molecule has 3 rings (SSSR count). The second kappa shape index (κ2) is 38.6. The summed E-state index contributed by atoms with van der Waals surface area (Å²) in [6.45, 7) is -0.607. The molecule has 0 saturated carbocycles. The van der Waals surface area contributed by atoms with Gasteiger partial charge in [-0.1, -0.05) is 12.1 Å². The van der Waals surface area contributed by atoms with Crippen LogP contribution >= 0.6 is 37.9 Å². The third kappa shape index (κ3) is 26.2. The fourth-order valence-corrected chi connectivity index (χ4v) is 9.41. The third-order valence-corrected chi connectivity index (χ3v) is 14.6. The van der Waals surface area contributed by atoms with E-state index in [0.717, 1.165) is 4.90 Å². The number of thiol groups is 3. The molecule has 1 aromatic heterocycles. The number of benzene rings is 1. The molecule has 11 atom stereocenters. The molecule has 1 aromatic carbocycles. The Bertz CT molecular complexity index is 2930. The summed E-state index contributed by atoms with van der Waals surface area (Å²) in [5, 5.41) is 52.9. The molecule has 1 fully saturated rings. The van der Waals surface area contributed by atoms with Crippen LogP contribution in [0.5, 0.6) is 5.75 Å². The van der Waals surface area contributed by atoms with E-state index >= 15 is 0 Å². The Labute approximate surface area is 537 Å². The number of H-pyrrole nitrogens is 1. The van der Waals surface area contributed by atoms with Crippen molar-refractivity contribution in [1.82, 2.24) is 68.0 Å². The second-order valence-electron chi connectivity index (χ2n) is 20.6. The van der Waals surface area contributed by atoms with Gasteiger partial charge in [0.1, 0.15) is 66.2 Å². The number of carbonyl (C=O) groups excluding carboxylic acids is 13. The lowest BCUT2D eigenvalue weighted by Gasteiger charge is -2.30. The average molecular weight is 1340 g/mol. The molecule has 1 aliphatic heterocycles. The maximum atomic E-state index is 14.3. The molecule has 13 amide bonds. The van der Waals surface area contributed by atoms with E-state index < -0.39 is 175 Å². The Morgan fingerprint density at radius 3 is 1.77 bits per heavy atom. The van der Waals surface area contributed by atoms with Gasteiger partial charge in [0.15, 0.2) is 5.96 Å². The van der Waals surface area contributed by atoms with Crippen molar-refractivity contribution in [1.29, 1.82) is 0 Å². The van der Waals surface area contributed by atoms with Crippen molar-refractivity contribution < 1.29 is 82.4 Å². The number of aromatic amines is 1. The standard InChI is InChI=1S/C52H79N19O17S3/c1-24(62-50(87)37-5-3-13-71(37)51(88)32(16-38(54)74)66-49(86)36(22-91)70-43(80)28(53)10-11-40(76)77)42(79)69-35(21-90)44(81)60-18-39(75)63-29(4-2-12-59-52(56)57)45(82)65-31(15-26-17-58-23-61-26)47(84)64-30(14-25-6-8-27(73)9-7-25)46(83)67-33(19-72)48(85)68-34(20-89)41(55)78/h6-9,17,23-24,28-37,72-73,89-91H,2-5,10-16,18-22,53H2,1H3,(H2,54,74)(H2,55,78)(H,58,61)(H,60,81)(H,62,87)(H,63,75)(H,64,84)(H,65,82)(H,66,86)(H,67,83)(H,68,85)(H,69,79)(H,70,80)(H,76,77)(H4,56,57,59)/t24-,28-,29-,30-,31-,32-,33-,34-,35-,36-,37-/m0/s1. The number of phenolic OH excluding ortho intramolecular Hbond substituents is 1. The zero-order valence-corrected chi connectivity index (χ0v) is 51.9. The summed E-state index contributed by atoms with van der Waals surface area (Å²) in [7, 11) is 0. The summed E-state index contributed by atoms with van der Waals surface area (Å²) in [6.07, 6.45) is 0.813. The first-order valence-corrected chi connectivity index (χ1v) is 30.0. The molecule has 0 bridgehead atoms. The molecule has 0 radical (unpaired) electrons. The Morgan fingerprint density at radius 1 is 0.670 bits per heavy atom. The summed E-state index contributed by atoms with van der Waals surface area (Å²) in [4.78, 5) is 196. The minimum absolute atomic E-state index is 0.0373. The van der Waals surface area contributed by atoms with E-state index in [2.05, 4.69) is 106 Å². The Morgan fingerprint density at radius 2 is 1.21 bits per heavy atom. The smallest absolute Gasteiger partial charge is 0.303 e. The number of aliphatic hydroxyl groups is 1. The SMILES string of the molecule is C[C@H](NC(=O)[C@@H]1CCCN1C(=O)[C@H](CC(N)=O)NC(=O)[C@H](CS)NC(=O)[C@@H](N)CCC(=O)O)C(=O)N[C@@H](CS)C(=O)NCC(=O)N[C@@H](CCCN=C(N)N)C(=O)N[C@@H](Cc1cnc[nH]1)C(=O)N[C@@H](Cc1ccc(O)cc1)C(=O)N[C@@H](CO)C(=O)N[C@@H](CS)C(N)=O. The van der Waals surface area contributed by atoms with Gasteiger partial charge in [-0.3, -0.25) is 72.1 Å². The lowest BCUT2D eigenvalue weighted by atomic mass is 10.0. The van der Waals surface area contributed by atoms with Gasteiger partial charge in [0.25, 0.3) is 0 Å². The monoisotopic (exact) mass is 1340 g/mol. The predicted octanol–water partition coefficient (Wildman–Crippen LogP) is -9.22. The molecular weight excluding hydrogens is 1260 g/mol. The summed E-state index contributed by atoms with van der Waals surface area (Å²) in [6, 6.07) is -10.5. The molecular formula is C52H79N19O17S3. The number of carbonyl (C=O) groups is 14. The number of hydrogen-bond donors (Lipinski definition) is 22. The van der Waals surface area contributed by atoms with Gasteiger partial charge in [0.2, 0.25) is 76.8 Å². The molecule has 2 aromatic rings. The van der Waals surface area contributed by atoms with E-state index in [0.29, 0.717) is 11.3 Å². The van der Waals surface area contributed by atoms with Gasteiger partial charge in [0, 0.05) is 61.5 Å². The Balaban J connectivity index is 1.74. The van der Waals surface area contributed by atoms with Crippen molar-refractivity contribution in [2.24, 2.45) is 33.7 Å². The number of hydrogen-bond acceptors (Lipinski definition) is 22. The molecule has 2 heterocycles. The van der Waals surface area contributed by atoms with Gasteiger partial charge in [-0.05, 0) is 56.7 Å². The van der Waals surface area contributed by atoms with E-state index in [4.69, 9.17) is 33.8 Å². The Kier molecular flexibility index (Phi) is 32.3. The maximum absolute atomic E-state index is 14.3. The molecule has 36 nitrogen and oxygen atoms in total. The Hall–Kier alpha value is -8.95. The molecule has 502 valence electrons. The van der Waals surface area contributed by atoms with Crippen LogP contribution < -0.4 is 81.8 Å². The third-order valence-electron chi connectivity index (χ3n) is 13.5. The molecule has 1 aliphatic rings. The number of guanidine groups is 1. The molecule has 0 spiro atoms. The highest BCUT2D eigenvalue weighted by molar-refractivity contribution is 7.80. The number of aromatic hydroxyl groups is 1. The quantitative estimate of drug-likeness (QED) is 0.0128. The zero-order valence-electron chi connectivity index (χ0n) is 49.3. The van der Waals surface area contributed by atoms with Gasteiger partial charge < -0.3 is 107 Å². The number of aliphatic carboxylic acids is 1. The molecule has 24 N–H and O–H groups in total. The molecule has 39 heteroatoms. The fraction of sp³-hybridized carbons (Fsp3) is 0.538. The van der Waals surface area contributed by atoms with Crippen molar-refractivity contribution >= 4 is 127 Å². The van der Waals surface area contributed by atoms with E-state index in [-0.39, 0.29) is 87.0 Å². The summed E-state index contributed by atoms with van der Waals surface area (Å²) >= 11 is 12.2. The first-order chi connectivity index (χ1) is 43.0. The minimum Gasteiger partial charge on any atom is -0.508 e. The highest BCUT2D eigenvalue weighted by atomic mass is 32.1. The number of aliphatic hydroxyl groups excluding tert-OH is 1. The largest absolute Gasteiger partial charge is 0.508 e. The van der Waals surface area contributed by atoms with Crippen molar-refractivity contribution in [2.75, 3.05) is 43.5 Å². The number of imidazole rings is 1. The number of carboxylic acid groups (broad SMARTS) is 1. The van der Waals surface area contributed by atoms with E-state index in [1.54, 1.807) is 0 Å². The number of nitrogens with zero attached hydrogens (tertiary/aromatic N) is 3. The normalized spacial score (nSPS) is 15.9. The first-order valence-electron chi connectivity index (χ1n) is 28.1. The highest BCUT2D eigenvalue weighted by Crippen LogP contribution is 2.20. The van der Waals surface area contributed by atoms with Gasteiger partial charge >= 0.3 is 5.97 Å². The van der Waals surface area contributed by atoms with E-state index in [9.17, 15) is 77.3 Å². The van der Waals surface area contributed by atoms with Crippen LogP contribution in [0.3, 0.4) is 0 Å². The number of aliphatic imine (C=N–C) groups is 1. The molecule has 91 heavy (non-hydrogen) atoms. The second-order valence-corrected chi connectivity index (χ2v) is 21.7.